The van der Waals surface area contributed by atoms with Gasteiger partial charge in [-0.2, -0.15) is 5.26 Å². The van der Waals surface area contributed by atoms with Crippen LogP contribution in [0.1, 0.15) is 30.9 Å². The summed E-state index contributed by atoms with van der Waals surface area (Å²) in [7, 11) is 0. The summed E-state index contributed by atoms with van der Waals surface area (Å²) in [6.45, 7) is 4.01. The summed E-state index contributed by atoms with van der Waals surface area (Å²) in [6, 6.07) is 6.50. The van der Waals surface area contributed by atoms with E-state index in [2.05, 4.69) is 12.2 Å². The molecular weight excluding hydrogens is 231 g/mol. The molecule has 0 bridgehead atoms. The van der Waals surface area contributed by atoms with Gasteiger partial charge in [-0.05, 0) is 31.9 Å². The minimum absolute atomic E-state index is 0.0847. The molecule has 96 valence electrons. The molecule has 4 heteroatoms. The first-order chi connectivity index (χ1) is 8.63. The van der Waals surface area contributed by atoms with Crippen LogP contribution in [-0.4, -0.2) is 18.8 Å². The van der Waals surface area contributed by atoms with E-state index in [0.29, 0.717) is 24.3 Å². The van der Waals surface area contributed by atoms with E-state index >= 15 is 0 Å². The summed E-state index contributed by atoms with van der Waals surface area (Å²) in [5.41, 5.74) is 0.850. The van der Waals surface area contributed by atoms with Gasteiger partial charge in [0.15, 0.2) is 0 Å². The predicted octanol–water partition coefficient (Wildman–Crippen LogP) is 2.36. The molecule has 1 aromatic carbocycles. The molecule has 0 aliphatic carbocycles. The van der Waals surface area contributed by atoms with Crippen LogP contribution >= 0.6 is 0 Å². The SMILES string of the molecule is CC1(NCc2ccc(C#N)cc2F)CCCOC1. The fourth-order valence-corrected chi connectivity index (χ4v) is 2.14. The van der Waals surface area contributed by atoms with E-state index in [-0.39, 0.29) is 11.4 Å². The van der Waals surface area contributed by atoms with Crippen molar-refractivity contribution in [3.05, 3.63) is 35.1 Å². The van der Waals surface area contributed by atoms with Crippen LogP contribution in [0.4, 0.5) is 4.39 Å². The first kappa shape index (κ1) is 13.0. The zero-order chi connectivity index (χ0) is 13.0. The van der Waals surface area contributed by atoms with E-state index in [1.54, 1.807) is 12.1 Å². The van der Waals surface area contributed by atoms with Crippen LogP contribution in [0.15, 0.2) is 18.2 Å². The molecule has 1 fully saturated rings. The number of rotatable bonds is 3. The number of hydrogen-bond acceptors (Lipinski definition) is 3. The van der Waals surface area contributed by atoms with Gasteiger partial charge < -0.3 is 10.1 Å². The Morgan fingerprint density at radius 1 is 1.56 bits per heavy atom. The van der Waals surface area contributed by atoms with Crippen molar-refractivity contribution in [3.63, 3.8) is 0 Å². The molecule has 0 aromatic heterocycles. The summed E-state index contributed by atoms with van der Waals surface area (Å²) in [4.78, 5) is 0. The standard InChI is InChI=1S/C14H17FN2O/c1-14(5-2-6-18-10-14)17-9-12-4-3-11(8-16)7-13(12)15/h3-4,7,17H,2,5-6,9-10H2,1H3. The topological polar surface area (TPSA) is 45.0 Å². The number of halogens is 1. The number of hydrogen-bond donors (Lipinski definition) is 1. The van der Waals surface area contributed by atoms with Crippen LogP contribution in [0.25, 0.3) is 0 Å². The molecule has 0 radical (unpaired) electrons. The normalized spacial score (nSPS) is 23.6. The van der Waals surface area contributed by atoms with Crippen molar-refractivity contribution in [1.29, 1.82) is 5.26 Å². The molecule has 3 nitrogen and oxygen atoms in total. The Bertz CT molecular complexity index is 461. The molecule has 2 rings (SSSR count). The van der Waals surface area contributed by atoms with Gasteiger partial charge in [0.2, 0.25) is 0 Å². The molecule has 0 saturated carbocycles. The zero-order valence-corrected chi connectivity index (χ0v) is 10.5. The van der Waals surface area contributed by atoms with E-state index in [9.17, 15) is 4.39 Å². The maximum Gasteiger partial charge on any atom is 0.129 e. The zero-order valence-electron chi connectivity index (χ0n) is 10.5. The fourth-order valence-electron chi connectivity index (χ4n) is 2.14. The second-order valence-electron chi connectivity index (χ2n) is 4.99. The summed E-state index contributed by atoms with van der Waals surface area (Å²) in [6.07, 6.45) is 2.06. The van der Waals surface area contributed by atoms with E-state index in [1.807, 2.05) is 6.07 Å². The van der Waals surface area contributed by atoms with E-state index in [1.165, 1.54) is 6.07 Å². The Morgan fingerprint density at radius 3 is 3.00 bits per heavy atom. The lowest BCUT2D eigenvalue weighted by Crippen LogP contribution is -2.48. The van der Waals surface area contributed by atoms with Crippen molar-refractivity contribution in [3.8, 4) is 6.07 Å². The third-order valence-electron chi connectivity index (χ3n) is 3.33. The molecule has 1 atom stereocenters. The van der Waals surface area contributed by atoms with Crippen molar-refractivity contribution in [1.82, 2.24) is 5.32 Å². The molecule has 1 unspecified atom stereocenters. The summed E-state index contributed by atoms with van der Waals surface area (Å²) < 4.78 is 19.1. The van der Waals surface area contributed by atoms with Crippen molar-refractivity contribution < 1.29 is 9.13 Å². The minimum Gasteiger partial charge on any atom is -0.380 e. The molecule has 1 aliphatic rings. The summed E-state index contributed by atoms with van der Waals surface area (Å²) in [5, 5.41) is 12.0. The van der Waals surface area contributed by atoms with Gasteiger partial charge in [-0.15, -0.1) is 0 Å². The quantitative estimate of drug-likeness (QED) is 0.893. The second kappa shape index (κ2) is 5.47. The molecule has 1 aromatic rings. The number of nitrogens with one attached hydrogen (secondary N) is 1. The minimum atomic E-state index is -0.332. The number of nitrogens with zero attached hydrogens (tertiary/aromatic N) is 1. The van der Waals surface area contributed by atoms with E-state index in [0.717, 1.165) is 19.4 Å². The van der Waals surface area contributed by atoms with Gasteiger partial charge in [0.05, 0.1) is 18.2 Å². The van der Waals surface area contributed by atoms with Gasteiger partial charge >= 0.3 is 0 Å². The van der Waals surface area contributed by atoms with Crippen molar-refractivity contribution >= 4 is 0 Å². The van der Waals surface area contributed by atoms with Crippen LogP contribution in [-0.2, 0) is 11.3 Å². The molecule has 0 amide bonds. The lowest BCUT2D eigenvalue weighted by Gasteiger charge is -2.34. The highest BCUT2D eigenvalue weighted by molar-refractivity contribution is 5.32. The summed E-state index contributed by atoms with van der Waals surface area (Å²) >= 11 is 0. The van der Waals surface area contributed by atoms with Crippen LogP contribution in [0.2, 0.25) is 0 Å². The predicted molar refractivity (Wildman–Crippen MR) is 66.4 cm³/mol. The number of ether oxygens (including phenoxy) is 1. The van der Waals surface area contributed by atoms with Crippen molar-refractivity contribution in [2.24, 2.45) is 0 Å². The maximum absolute atomic E-state index is 13.7. The number of nitriles is 1. The van der Waals surface area contributed by atoms with Gasteiger partial charge in [0, 0.05) is 24.3 Å². The highest BCUT2D eigenvalue weighted by Crippen LogP contribution is 2.19. The van der Waals surface area contributed by atoms with Gasteiger partial charge in [-0.3, -0.25) is 0 Å². The lowest BCUT2D eigenvalue weighted by atomic mass is 9.94. The molecular formula is C14H17FN2O. The molecule has 1 saturated heterocycles. The fraction of sp³-hybridized carbons (Fsp3) is 0.500. The molecule has 1 heterocycles. The Balaban J connectivity index is 2.00. The third-order valence-corrected chi connectivity index (χ3v) is 3.33. The van der Waals surface area contributed by atoms with Crippen molar-refractivity contribution in [2.75, 3.05) is 13.2 Å². The molecule has 18 heavy (non-hydrogen) atoms. The third kappa shape index (κ3) is 3.06. The molecule has 1 N–H and O–H groups in total. The number of benzene rings is 1. The van der Waals surface area contributed by atoms with E-state index < -0.39 is 0 Å². The van der Waals surface area contributed by atoms with Crippen LogP contribution < -0.4 is 5.32 Å². The van der Waals surface area contributed by atoms with Crippen LogP contribution in [0.5, 0.6) is 0 Å². The highest BCUT2D eigenvalue weighted by atomic mass is 19.1. The second-order valence-corrected chi connectivity index (χ2v) is 4.99. The Kier molecular flexibility index (Phi) is 3.95. The first-order valence-corrected chi connectivity index (χ1v) is 6.14. The maximum atomic E-state index is 13.7. The average Bonchev–Trinajstić information content (AvgIpc) is 2.38. The molecule has 1 aliphatic heterocycles. The van der Waals surface area contributed by atoms with Crippen LogP contribution in [0.3, 0.4) is 0 Å². The Labute approximate surface area is 107 Å². The summed E-state index contributed by atoms with van der Waals surface area (Å²) in [5.74, 6) is -0.332. The van der Waals surface area contributed by atoms with Gasteiger partial charge in [0.1, 0.15) is 5.82 Å². The Hall–Kier alpha value is -1.44. The van der Waals surface area contributed by atoms with E-state index in [4.69, 9.17) is 10.00 Å². The molecule has 0 spiro atoms. The van der Waals surface area contributed by atoms with Gasteiger partial charge in [-0.1, -0.05) is 6.07 Å². The smallest absolute Gasteiger partial charge is 0.129 e. The van der Waals surface area contributed by atoms with Crippen molar-refractivity contribution in [2.45, 2.75) is 31.8 Å². The largest absolute Gasteiger partial charge is 0.380 e. The lowest BCUT2D eigenvalue weighted by molar-refractivity contribution is 0.0276. The highest BCUT2D eigenvalue weighted by Gasteiger charge is 2.26. The average molecular weight is 248 g/mol. The Morgan fingerprint density at radius 2 is 2.39 bits per heavy atom. The first-order valence-electron chi connectivity index (χ1n) is 6.14. The van der Waals surface area contributed by atoms with Crippen LogP contribution in [0, 0.1) is 17.1 Å². The monoisotopic (exact) mass is 248 g/mol. The van der Waals surface area contributed by atoms with Gasteiger partial charge in [0.25, 0.3) is 0 Å². The van der Waals surface area contributed by atoms with Gasteiger partial charge in [-0.25, -0.2) is 4.39 Å².